The van der Waals surface area contributed by atoms with Crippen molar-refractivity contribution in [3.05, 3.63) is 47.2 Å². The van der Waals surface area contributed by atoms with Gasteiger partial charge >= 0.3 is 0 Å². The lowest BCUT2D eigenvalue weighted by Crippen LogP contribution is -2.32. The van der Waals surface area contributed by atoms with Crippen molar-refractivity contribution < 1.29 is 17.9 Å². The van der Waals surface area contributed by atoms with Gasteiger partial charge in [-0.15, -0.1) is 0 Å². The van der Waals surface area contributed by atoms with E-state index in [-0.39, 0.29) is 15.7 Å². The van der Waals surface area contributed by atoms with Crippen LogP contribution in [0.15, 0.2) is 41.4 Å². The molecule has 150 valence electrons. The average molecular weight is 424 g/mol. The molecular formula is C19H22ClN3O4S. The first kappa shape index (κ1) is 20.6. The third-order valence-electron chi connectivity index (χ3n) is 4.61. The van der Waals surface area contributed by atoms with Gasteiger partial charge < -0.3 is 10.1 Å². The molecule has 2 aromatic rings. The minimum Gasteiger partial charge on any atom is -0.495 e. The molecule has 1 aromatic heterocycles. The van der Waals surface area contributed by atoms with Crippen LogP contribution < -0.4 is 10.1 Å². The summed E-state index contributed by atoms with van der Waals surface area (Å²) in [5, 5.41) is 2.89. The zero-order valence-corrected chi connectivity index (χ0v) is 17.1. The zero-order valence-electron chi connectivity index (χ0n) is 15.5. The van der Waals surface area contributed by atoms with E-state index in [9.17, 15) is 13.2 Å². The molecule has 7 nitrogen and oxygen atoms in total. The smallest absolute Gasteiger partial charge is 0.255 e. The third-order valence-corrected chi connectivity index (χ3v) is 6.71. The minimum absolute atomic E-state index is 0.123. The van der Waals surface area contributed by atoms with Gasteiger partial charge in [0.1, 0.15) is 10.9 Å². The predicted octanol–water partition coefficient (Wildman–Crippen LogP) is 3.56. The number of halogens is 1. The Hall–Kier alpha value is -2.16. The molecule has 3 rings (SSSR count). The fourth-order valence-corrected chi connectivity index (χ4v) is 4.83. The lowest BCUT2D eigenvalue weighted by atomic mass is 10.2. The van der Waals surface area contributed by atoms with Crippen molar-refractivity contribution in [2.75, 3.05) is 25.5 Å². The molecular weight excluding hydrogens is 402 g/mol. The van der Waals surface area contributed by atoms with Gasteiger partial charge in [-0.25, -0.2) is 13.4 Å². The van der Waals surface area contributed by atoms with E-state index in [1.807, 2.05) is 0 Å². The van der Waals surface area contributed by atoms with Crippen molar-refractivity contribution in [2.24, 2.45) is 0 Å². The highest BCUT2D eigenvalue weighted by molar-refractivity contribution is 7.89. The highest BCUT2D eigenvalue weighted by atomic mass is 35.5. The van der Waals surface area contributed by atoms with Crippen molar-refractivity contribution in [1.82, 2.24) is 9.29 Å². The van der Waals surface area contributed by atoms with Crippen molar-refractivity contribution in [3.63, 3.8) is 0 Å². The monoisotopic (exact) mass is 423 g/mol. The van der Waals surface area contributed by atoms with Gasteiger partial charge in [-0.2, -0.15) is 4.31 Å². The standard InChI is InChI=1S/C19H22ClN3O4S/c1-27-17-7-6-15(28(25,26)23-10-4-2-3-5-11-23)13-16(17)22-19(24)14-8-9-21-18(20)12-14/h6-9,12-13H,2-5,10-11H2,1H3,(H,22,24). The summed E-state index contributed by atoms with van der Waals surface area (Å²) in [6.07, 6.45) is 5.19. The first-order valence-electron chi connectivity index (χ1n) is 9.03. The lowest BCUT2D eigenvalue weighted by Gasteiger charge is -2.21. The Morgan fingerprint density at radius 2 is 1.86 bits per heavy atom. The Bertz CT molecular complexity index is 957. The molecule has 1 aliphatic rings. The third kappa shape index (κ3) is 4.63. The molecule has 1 amide bonds. The summed E-state index contributed by atoms with van der Waals surface area (Å²) >= 11 is 5.83. The Morgan fingerprint density at radius 1 is 1.14 bits per heavy atom. The number of carbonyl (C=O) groups is 1. The molecule has 1 saturated heterocycles. The highest BCUT2D eigenvalue weighted by Gasteiger charge is 2.26. The van der Waals surface area contributed by atoms with E-state index >= 15 is 0 Å². The molecule has 0 atom stereocenters. The van der Waals surface area contributed by atoms with Gasteiger partial charge in [0.05, 0.1) is 17.7 Å². The van der Waals surface area contributed by atoms with Crippen LogP contribution >= 0.6 is 11.6 Å². The SMILES string of the molecule is COc1ccc(S(=O)(=O)N2CCCCCC2)cc1NC(=O)c1ccnc(Cl)c1. The van der Waals surface area contributed by atoms with Crippen molar-refractivity contribution in [1.29, 1.82) is 0 Å². The fraction of sp³-hybridized carbons (Fsp3) is 0.368. The molecule has 1 N–H and O–H groups in total. The lowest BCUT2D eigenvalue weighted by molar-refractivity contribution is 0.102. The number of rotatable bonds is 5. The van der Waals surface area contributed by atoms with E-state index in [1.54, 1.807) is 6.07 Å². The summed E-state index contributed by atoms with van der Waals surface area (Å²) < 4.78 is 32.9. The van der Waals surface area contributed by atoms with Gasteiger partial charge in [-0.3, -0.25) is 4.79 Å². The number of amides is 1. The Morgan fingerprint density at radius 3 is 2.50 bits per heavy atom. The Kier molecular flexibility index (Phi) is 6.53. The molecule has 0 saturated carbocycles. The molecule has 1 aromatic carbocycles. The molecule has 1 aliphatic heterocycles. The summed E-state index contributed by atoms with van der Waals surface area (Å²) in [5.74, 6) is -0.0739. The first-order chi connectivity index (χ1) is 13.4. The van der Waals surface area contributed by atoms with Crippen molar-refractivity contribution >= 4 is 33.2 Å². The Labute approximate surface area is 169 Å². The molecule has 9 heteroatoms. The van der Waals surface area contributed by atoms with Gasteiger partial charge in [0.25, 0.3) is 5.91 Å². The number of pyridine rings is 1. The maximum atomic E-state index is 13.0. The van der Waals surface area contributed by atoms with Crippen LogP contribution in [-0.2, 0) is 10.0 Å². The second-order valence-corrected chi connectivity index (χ2v) is 8.83. The number of benzene rings is 1. The van der Waals surface area contributed by atoms with Crippen LogP contribution in [0.25, 0.3) is 0 Å². The van der Waals surface area contributed by atoms with E-state index < -0.39 is 15.9 Å². The normalized spacial score (nSPS) is 15.6. The number of aromatic nitrogens is 1. The number of carbonyl (C=O) groups excluding carboxylic acids is 1. The van der Waals surface area contributed by atoms with Gasteiger partial charge in [-0.1, -0.05) is 24.4 Å². The largest absolute Gasteiger partial charge is 0.495 e. The summed E-state index contributed by atoms with van der Waals surface area (Å²) in [6.45, 7) is 1.01. The number of nitrogens with one attached hydrogen (secondary N) is 1. The maximum Gasteiger partial charge on any atom is 0.255 e. The summed E-state index contributed by atoms with van der Waals surface area (Å²) in [6, 6.07) is 7.42. The molecule has 1 fully saturated rings. The number of methoxy groups -OCH3 is 1. The first-order valence-corrected chi connectivity index (χ1v) is 10.8. The van der Waals surface area contributed by atoms with Crippen LogP contribution in [0.4, 0.5) is 5.69 Å². The average Bonchev–Trinajstić information content (AvgIpc) is 2.98. The van der Waals surface area contributed by atoms with Gasteiger partial charge in [-0.05, 0) is 43.2 Å². The van der Waals surface area contributed by atoms with E-state index in [0.717, 1.165) is 25.7 Å². The quantitative estimate of drug-likeness (QED) is 0.743. The highest BCUT2D eigenvalue weighted by Crippen LogP contribution is 2.30. The fourth-order valence-electron chi connectivity index (χ4n) is 3.11. The number of sulfonamides is 1. The van der Waals surface area contributed by atoms with Gasteiger partial charge in [0, 0.05) is 24.8 Å². The van der Waals surface area contributed by atoms with Crippen LogP contribution in [0.2, 0.25) is 5.15 Å². The van der Waals surface area contributed by atoms with E-state index in [0.29, 0.717) is 24.4 Å². The second kappa shape index (κ2) is 8.89. The van der Waals surface area contributed by atoms with E-state index in [1.165, 1.54) is 41.9 Å². The van der Waals surface area contributed by atoms with Crippen LogP contribution in [0, 0.1) is 0 Å². The summed E-state index contributed by atoms with van der Waals surface area (Å²) in [5.41, 5.74) is 0.583. The Balaban J connectivity index is 1.90. The maximum absolute atomic E-state index is 13.0. The van der Waals surface area contributed by atoms with Crippen LogP contribution in [0.1, 0.15) is 36.0 Å². The van der Waals surface area contributed by atoms with E-state index in [2.05, 4.69) is 10.3 Å². The minimum atomic E-state index is -3.64. The molecule has 0 radical (unpaired) electrons. The van der Waals surface area contributed by atoms with Crippen LogP contribution in [0.3, 0.4) is 0 Å². The molecule has 28 heavy (non-hydrogen) atoms. The molecule has 0 aliphatic carbocycles. The number of hydrogen-bond acceptors (Lipinski definition) is 5. The molecule has 2 heterocycles. The summed E-state index contributed by atoms with van der Waals surface area (Å²) in [4.78, 5) is 16.5. The van der Waals surface area contributed by atoms with Crippen molar-refractivity contribution in [3.8, 4) is 5.75 Å². The number of anilines is 1. The number of nitrogens with zero attached hydrogens (tertiary/aromatic N) is 2. The van der Waals surface area contributed by atoms with Crippen molar-refractivity contribution in [2.45, 2.75) is 30.6 Å². The van der Waals surface area contributed by atoms with Crippen LogP contribution in [0.5, 0.6) is 5.75 Å². The van der Waals surface area contributed by atoms with Gasteiger partial charge in [0.2, 0.25) is 10.0 Å². The number of ether oxygens (including phenoxy) is 1. The second-order valence-electron chi connectivity index (χ2n) is 6.50. The molecule has 0 unspecified atom stereocenters. The summed E-state index contributed by atoms with van der Waals surface area (Å²) in [7, 11) is -2.19. The van der Waals surface area contributed by atoms with Gasteiger partial charge in [0.15, 0.2) is 0 Å². The number of hydrogen-bond donors (Lipinski definition) is 1. The topological polar surface area (TPSA) is 88.6 Å². The van der Waals surface area contributed by atoms with E-state index in [4.69, 9.17) is 16.3 Å². The van der Waals surface area contributed by atoms with Crippen LogP contribution in [-0.4, -0.2) is 43.8 Å². The molecule has 0 bridgehead atoms. The molecule has 0 spiro atoms. The zero-order chi connectivity index (χ0) is 20.1. The predicted molar refractivity (Wildman–Crippen MR) is 107 cm³/mol.